The summed E-state index contributed by atoms with van der Waals surface area (Å²) in [5.74, 6) is 0. The molecule has 4 N–H and O–H groups in total. The van der Waals surface area contributed by atoms with Gasteiger partial charge in [0.2, 0.25) is 0 Å². The summed E-state index contributed by atoms with van der Waals surface area (Å²) in [5.41, 5.74) is 9.46. The fourth-order valence-electron chi connectivity index (χ4n) is 4.12. The molecule has 0 radical (unpaired) electrons. The molecular formula is C24H44FIN5-. The van der Waals surface area contributed by atoms with Gasteiger partial charge in [-0.05, 0) is 0 Å². The number of halogens is 2. The summed E-state index contributed by atoms with van der Waals surface area (Å²) in [6, 6.07) is 1.04. The SMILES string of the molecule is CNN[C@H](CCCNCC(C)(C)C1=CCC(F)CC1)[C@H](C)[I-]/C=C1/N[C@@H](C)C=N[C@H]1C. The van der Waals surface area contributed by atoms with Gasteiger partial charge in [-0.2, -0.15) is 0 Å². The molecule has 180 valence electrons. The minimum absolute atomic E-state index is 0.0800. The Labute approximate surface area is 199 Å². The predicted octanol–water partition coefficient (Wildman–Crippen LogP) is 0.693. The Balaban J connectivity index is 1.74. The molecule has 0 aromatic carbocycles. The second-order valence-electron chi connectivity index (χ2n) is 9.58. The van der Waals surface area contributed by atoms with Crippen molar-refractivity contribution in [3.63, 3.8) is 0 Å². The molecule has 5 atom stereocenters. The Hall–Kier alpha value is -0.510. The quantitative estimate of drug-likeness (QED) is 0.0954. The molecule has 0 aromatic heterocycles. The monoisotopic (exact) mass is 548 g/mol. The van der Waals surface area contributed by atoms with Gasteiger partial charge in [0.25, 0.3) is 0 Å². The molecule has 0 saturated carbocycles. The second kappa shape index (κ2) is 13.3. The fourth-order valence-corrected chi connectivity index (χ4v) is 6.81. The van der Waals surface area contributed by atoms with Crippen LogP contribution in [0.4, 0.5) is 4.39 Å². The van der Waals surface area contributed by atoms with Crippen LogP contribution in [0.15, 0.2) is 26.4 Å². The Morgan fingerprint density at radius 2 is 2.16 bits per heavy atom. The van der Waals surface area contributed by atoms with E-state index in [1.807, 2.05) is 13.3 Å². The van der Waals surface area contributed by atoms with Gasteiger partial charge >= 0.3 is 196 Å². The van der Waals surface area contributed by atoms with Crippen molar-refractivity contribution in [2.75, 3.05) is 20.1 Å². The first-order valence-electron chi connectivity index (χ1n) is 11.8. The zero-order valence-electron chi connectivity index (χ0n) is 20.3. The number of nitrogens with zero attached hydrogens (tertiary/aromatic N) is 1. The van der Waals surface area contributed by atoms with Gasteiger partial charge in [0.15, 0.2) is 0 Å². The number of hydrogen-bond donors (Lipinski definition) is 4. The topological polar surface area (TPSA) is 60.5 Å². The zero-order valence-corrected chi connectivity index (χ0v) is 22.4. The average Bonchev–Trinajstić information content (AvgIpc) is 2.73. The van der Waals surface area contributed by atoms with E-state index in [2.05, 4.69) is 71.3 Å². The van der Waals surface area contributed by atoms with Crippen molar-refractivity contribution in [1.82, 2.24) is 21.5 Å². The van der Waals surface area contributed by atoms with Crippen LogP contribution in [-0.2, 0) is 0 Å². The van der Waals surface area contributed by atoms with Crippen LogP contribution in [-0.4, -0.2) is 54.6 Å². The van der Waals surface area contributed by atoms with E-state index in [-0.39, 0.29) is 32.7 Å². The summed E-state index contributed by atoms with van der Waals surface area (Å²) in [4.78, 5) is 4.58. The van der Waals surface area contributed by atoms with Gasteiger partial charge in [-0.3, -0.25) is 0 Å². The van der Waals surface area contributed by atoms with E-state index in [1.54, 1.807) is 0 Å². The van der Waals surface area contributed by atoms with Crippen LogP contribution in [0.3, 0.4) is 0 Å². The number of rotatable bonds is 12. The van der Waals surface area contributed by atoms with Gasteiger partial charge in [0, 0.05) is 0 Å². The normalized spacial score (nSPS) is 27.8. The van der Waals surface area contributed by atoms with Crippen LogP contribution in [0.5, 0.6) is 0 Å². The Morgan fingerprint density at radius 3 is 2.84 bits per heavy atom. The summed E-state index contributed by atoms with van der Waals surface area (Å²) in [6.45, 7) is 13.2. The summed E-state index contributed by atoms with van der Waals surface area (Å²) in [6.07, 6.45) is 7.96. The molecule has 1 aliphatic carbocycles. The molecule has 1 heterocycles. The number of allylic oxidation sites excluding steroid dienone is 1. The zero-order chi connectivity index (χ0) is 22.9. The molecule has 1 aliphatic heterocycles. The van der Waals surface area contributed by atoms with Crippen molar-refractivity contribution in [3.05, 3.63) is 21.4 Å². The summed E-state index contributed by atoms with van der Waals surface area (Å²) in [5, 5.41) is 7.22. The minimum atomic E-state index is -0.641. The molecule has 0 amide bonds. The van der Waals surface area contributed by atoms with Gasteiger partial charge in [0.05, 0.1) is 0 Å². The molecule has 0 saturated heterocycles. The number of nitrogens with one attached hydrogen (secondary N) is 4. The van der Waals surface area contributed by atoms with E-state index in [4.69, 9.17) is 0 Å². The van der Waals surface area contributed by atoms with Crippen LogP contribution in [0.2, 0.25) is 0 Å². The summed E-state index contributed by atoms with van der Waals surface area (Å²) < 4.78 is 16.5. The second-order valence-corrected chi connectivity index (χ2v) is 12.9. The number of hydrogen-bond acceptors (Lipinski definition) is 5. The first-order valence-corrected chi connectivity index (χ1v) is 14.3. The maximum atomic E-state index is 13.4. The van der Waals surface area contributed by atoms with E-state index >= 15 is 0 Å². The van der Waals surface area contributed by atoms with Crippen molar-refractivity contribution < 1.29 is 25.6 Å². The van der Waals surface area contributed by atoms with Crippen molar-refractivity contribution in [2.24, 2.45) is 10.4 Å². The fraction of sp³-hybridized carbons (Fsp3) is 0.792. The van der Waals surface area contributed by atoms with E-state index in [0.717, 1.165) is 32.4 Å². The van der Waals surface area contributed by atoms with Gasteiger partial charge in [-0.25, -0.2) is 4.39 Å². The molecule has 2 rings (SSSR count). The molecule has 31 heavy (non-hydrogen) atoms. The van der Waals surface area contributed by atoms with Gasteiger partial charge in [-0.15, -0.1) is 0 Å². The first-order chi connectivity index (χ1) is 14.7. The molecule has 0 spiro atoms. The van der Waals surface area contributed by atoms with Gasteiger partial charge in [0.1, 0.15) is 0 Å². The molecule has 0 bridgehead atoms. The van der Waals surface area contributed by atoms with Crippen LogP contribution in [0, 0.1) is 5.41 Å². The molecule has 7 heteroatoms. The van der Waals surface area contributed by atoms with E-state index < -0.39 is 6.17 Å². The van der Waals surface area contributed by atoms with E-state index in [1.165, 1.54) is 11.3 Å². The molecular weight excluding hydrogens is 504 g/mol. The third kappa shape index (κ3) is 9.10. The van der Waals surface area contributed by atoms with Gasteiger partial charge < -0.3 is 0 Å². The van der Waals surface area contributed by atoms with Crippen molar-refractivity contribution >= 4 is 6.21 Å². The van der Waals surface area contributed by atoms with Gasteiger partial charge in [-0.1, -0.05) is 0 Å². The maximum absolute atomic E-state index is 13.4. The number of alkyl halides is 2. The molecule has 2 aliphatic rings. The van der Waals surface area contributed by atoms with Crippen molar-refractivity contribution in [2.45, 2.75) is 94.9 Å². The van der Waals surface area contributed by atoms with Crippen molar-refractivity contribution in [3.8, 4) is 0 Å². The predicted molar refractivity (Wildman–Crippen MR) is 127 cm³/mol. The van der Waals surface area contributed by atoms with Crippen LogP contribution >= 0.6 is 0 Å². The molecule has 0 aromatic rings. The van der Waals surface area contributed by atoms with Crippen molar-refractivity contribution in [1.29, 1.82) is 0 Å². The average molecular weight is 549 g/mol. The third-order valence-electron chi connectivity index (χ3n) is 6.29. The number of hydrazine groups is 1. The molecule has 5 nitrogen and oxygen atoms in total. The summed E-state index contributed by atoms with van der Waals surface area (Å²) >= 11 is -0.0800. The van der Waals surface area contributed by atoms with E-state index in [0.29, 0.717) is 28.8 Å². The standard InChI is InChI=1S/C24H44FIN5/c1-17-15-29-19(3)23(30-17)14-26-18(2)22(31-27-6)8-7-13-28-16-24(4,5)20-9-11-21(25)12-10-20/h9,14-15,17-19,21-22,27-28,30-31H,7-8,10-13,16H2,1-6H3/q-1/b23-14+/t17-,18-,19-,21?,22+/m0/s1. The molecule has 1 unspecified atom stereocenters. The van der Waals surface area contributed by atoms with Crippen LogP contribution < -0.4 is 42.7 Å². The van der Waals surface area contributed by atoms with Crippen LogP contribution in [0.1, 0.15) is 66.7 Å². The Morgan fingerprint density at radius 1 is 1.39 bits per heavy atom. The third-order valence-corrected chi connectivity index (χ3v) is 9.33. The van der Waals surface area contributed by atoms with E-state index in [9.17, 15) is 4.39 Å². The number of aliphatic imine (C=N–C) groups is 1. The Kier molecular flexibility index (Phi) is 11.4. The Bertz CT molecular complexity index is 633. The first kappa shape index (κ1) is 26.7. The van der Waals surface area contributed by atoms with Crippen LogP contribution in [0.25, 0.3) is 0 Å². The molecule has 0 fully saturated rings. The summed E-state index contributed by atoms with van der Waals surface area (Å²) in [7, 11) is 1.96.